The second kappa shape index (κ2) is 8.09. The maximum Gasteiger partial charge on any atom is 0.306 e. The fraction of sp³-hybridized carbons (Fsp3) is 0.818. The van der Waals surface area contributed by atoms with E-state index in [2.05, 4.69) is 13.3 Å². The largest absolute Gasteiger partial charge is 0.481 e. The van der Waals surface area contributed by atoms with E-state index in [-0.39, 0.29) is 5.92 Å². The summed E-state index contributed by atoms with van der Waals surface area (Å²) in [6.07, 6.45) is 8.33. The van der Waals surface area contributed by atoms with Gasteiger partial charge < -0.3 is 5.11 Å². The molecule has 0 saturated heterocycles. The molecule has 0 aromatic heterocycles. The first-order valence-electron chi connectivity index (χ1n) is 5.26. The molecule has 1 unspecified atom stereocenters. The van der Waals surface area contributed by atoms with Crippen LogP contribution in [-0.2, 0) is 4.79 Å². The Bertz CT molecular complexity index is 132. The number of aliphatic carboxylic acids is 1. The zero-order chi connectivity index (χ0) is 10.1. The summed E-state index contributed by atoms with van der Waals surface area (Å²) in [4.78, 5) is 10.6. The molecule has 1 N–H and O–H groups in total. The lowest BCUT2D eigenvalue weighted by Crippen LogP contribution is -2.12. The number of carboxylic acid groups (broad SMARTS) is 1. The van der Waals surface area contributed by atoms with Crippen molar-refractivity contribution in [3.63, 3.8) is 0 Å². The highest BCUT2D eigenvalue weighted by atomic mass is 16.4. The van der Waals surface area contributed by atoms with Gasteiger partial charge in [0.2, 0.25) is 0 Å². The molecule has 0 aliphatic rings. The molecule has 2 nitrogen and oxygen atoms in total. The van der Waals surface area contributed by atoms with Crippen molar-refractivity contribution in [2.24, 2.45) is 5.92 Å². The van der Waals surface area contributed by atoms with Crippen molar-refractivity contribution in [3.05, 3.63) is 6.42 Å². The van der Waals surface area contributed by atoms with Crippen molar-refractivity contribution < 1.29 is 9.90 Å². The Balaban J connectivity index is 3.33. The van der Waals surface area contributed by atoms with E-state index >= 15 is 0 Å². The van der Waals surface area contributed by atoms with Crippen LogP contribution in [0.5, 0.6) is 0 Å². The van der Waals surface area contributed by atoms with Gasteiger partial charge in [0.25, 0.3) is 0 Å². The highest BCUT2D eigenvalue weighted by molar-refractivity contribution is 5.69. The molecule has 13 heavy (non-hydrogen) atoms. The number of carboxylic acids is 1. The molecular weight excluding hydrogens is 164 g/mol. The van der Waals surface area contributed by atoms with E-state index in [1.807, 2.05) is 6.92 Å². The molecule has 0 aliphatic heterocycles. The van der Waals surface area contributed by atoms with E-state index in [9.17, 15) is 4.79 Å². The van der Waals surface area contributed by atoms with Gasteiger partial charge in [-0.3, -0.25) is 4.79 Å². The molecule has 0 heterocycles. The van der Waals surface area contributed by atoms with Crippen molar-refractivity contribution in [2.75, 3.05) is 0 Å². The summed E-state index contributed by atoms with van der Waals surface area (Å²) in [6, 6.07) is 0. The van der Waals surface area contributed by atoms with Crippen LogP contribution >= 0.6 is 0 Å². The van der Waals surface area contributed by atoms with Crippen molar-refractivity contribution in [1.82, 2.24) is 0 Å². The summed E-state index contributed by atoms with van der Waals surface area (Å²) in [6.45, 7) is 4.10. The number of rotatable bonds is 8. The first kappa shape index (κ1) is 12.5. The third-order valence-corrected chi connectivity index (χ3v) is 2.31. The molecule has 0 fully saturated rings. The Morgan fingerprint density at radius 3 is 2.54 bits per heavy atom. The molecule has 0 aliphatic carbocycles. The van der Waals surface area contributed by atoms with Crippen molar-refractivity contribution in [3.8, 4) is 0 Å². The Labute approximate surface area is 81.3 Å². The fourth-order valence-corrected chi connectivity index (χ4v) is 1.30. The van der Waals surface area contributed by atoms with Gasteiger partial charge in [-0.2, -0.15) is 0 Å². The molecule has 77 valence electrons. The van der Waals surface area contributed by atoms with Gasteiger partial charge in [0.1, 0.15) is 0 Å². The van der Waals surface area contributed by atoms with Gasteiger partial charge in [0.05, 0.1) is 5.92 Å². The second-order valence-electron chi connectivity index (χ2n) is 3.46. The van der Waals surface area contributed by atoms with Crippen LogP contribution in [0.3, 0.4) is 0 Å². The molecular formula is C11H21O2. The number of hydrogen-bond donors (Lipinski definition) is 1. The molecule has 0 bridgehead atoms. The summed E-state index contributed by atoms with van der Waals surface area (Å²) >= 11 is 0. The van der Waals surface area contributed by atoms with E-state index in [4.69, 9.17) is 5.11 Å². The smallest absolute Gasteiger partial charge is 0.306 e. The predicted octanol–water partition coefficient (Wildman–Crippen LogP) is 3.27. The zero-order valence-corrected chi connectivity index (χ0v) is 8.75. The second-order valence-corrected chi connectivity index (χ2v) is 3.46. The van der Waals surface area contributed by atoms with Gasteiger partial charge in [-0.25, -0.2) is 0 Å². The van der Waals surface area contributed by atoms with Gasteiger partial charge in [-0.05, 0) is 19.3 Å². The quantitative estimate of drug-likeness (QED) is 0.589. The van der Waals surface area contributed by atoms with E-state index in [1.165, 1.54) is 19.3 Å². The SMILES string of the molecule is CCCCC[CH]CC(CC)C(=O)O. The maximum atomic E-state index is 10.6. The minimum atomic E-state index is -0.658. The number of carbonyl (C=O) groups is 1. The standard InChI is InChI=1S/C11H21O2/c1-3-5-6-7-8-9-10(4-2)11(12)13/h8,10H,3-7,9H2,1-2H3,(H,12,13). The Kier molecular flexibility index (Phi) is 7.76. The number of unbranched alkanes of at least 4 members (excludes halogenated alkanes) is 4. The van der Waals surface area contributed by atoms with Crippen molar-refractivity contribution in [1.29, 1.82) is 0 Å². The first-order valence-corrected chi connectivity index (χ1v) is 5.26. The Morgan fingerprint density at radius 2 is 2.08 bits per heavy atom. The predicted molar refractivity (Wildman–Crippen MR) is 54.5 cm³/mol. The number of hydrogen-bond acceptors (Lipinski definition) is 1. The summed E-state index contributed by atoms with van der Waals surface area (Å²) in [5, 5.41) is 8.76. The van der Waals surface area contributed by atoms with Gasteiger partial charge in [-0.15, -0.1) is 0 Å². The molecule has 2 heteroatoms. The molecule has 0 aromatic carbocycles. The lowest BCUT2D eigenvalue weighted by Gasteiger charge is -2.08. The fourth-order valence-electron chi connectivity index (χ4n) is 1.30. The monoisotopic (exact) mass is 185 g/mol. The maximum absolute atomic E-state index is 10.6. The summed E-state index contributed by atoms with van der Waals surface area (Å²) < 4.78 is 0. The molecule has 0 aromatic rings. The molecule has 0 spiro atoms. The van der Waals surface area contributed by atoms with E-state index in [0.29, 0.717) is 0 Å². The molecule has 0 rings (SSSR count). The van der Waals surface area contributed by atoms with Crippen LogP contribution in [0.4, 0.5) is 0 Å². The lowest BCUT2D eigenvalue weighted by atomic mass is 9.98. The summed E-state index contributed by atoms with van der Waals surface area (Å²) in [7, 11) is 0. The third-order valence-electron chi connectivity index (χ3n) is 2.31. The van der Waals surface area contributed by atoms with Gasteiger partial charge in [0.15, 0.2) is 0 Å². The Hall–Kier alpha value is -0.530. The summed E-state index contributed by atoms with van der Waals surface area (Å²) in [5.41, 5.74) is 0. The third kappa shape index (κ3) is 6.62. The van der Waals surface area contributed by atoms with E-state index < -0.39 is 5.97 Å². The average molecular weight is 185 g/mol. The van der Waals surface area contributed by atoms with Crippen LogP contribution in [0.2, 0.25) is 0 Å². The first-order chi connectivity index (χ1) is 6.22. The summed E-state index contributed by atoms with van der Waals surface area (Å²) in [5.74, 6) is -0.823. The topological polar surface area (TPSA) is 37.3 Å². The molecule has 0 saturated carbocycles. The Morgan fingerprint density at radius 1 is 1.38 bits per heavy atom. The average Bonchev–Trinajstić information content (AvgIpc) is 2.10. The van der Waals surface area contributed by atoms with Crippen LogP contribution in [0.15, 0.2) is 0 Å². The van der Waals surface area contributed by atoms with Crippen LogP contribution in [-0.4, -0.2) is 11.1 Å². The van der Waals surface area contributed by atoms with E-state index in [0.717, 1.165) is 19.3 Å². The van der Waals surface area contributed by atoms with Crippen LogP contribution in [0.25, 0.3) is 0 Å². The zero-order valence-electron chi connectivity index (χ0n) is 8.75. The van der Waals surface area contributed by atoms with Gasteiger partial charge in [0, 0.05) is 0 Å². The molecule has 0 amide bonds. The van der Waals surface area contributed by atoms with Gasteiger partial charge in [-0.1, -0.05) is 39.5 Å². The minimum absolute atomic E-state index is 0.165. The van der Waals surface area contributed by atoms with E-state index in [1.54, 1.807) is 0 Å². The highest BCUT2D eigenvalue weighted by Gasteiger charge is 2.13. The van der Waals surface area contributed by atoms with Crippen molar-refractivity contribution in [2.45, 2.75) is 52.4 Å². The lowest BCUT2D eigenvalue weighted by molar-refractivity contribution is -0.141. The van der Waals surface area contributed by atoms with Crippen LogP contribution < -0.4 is 0 Å². The van der Waals surface area contributed by atoms with Crippen LogP contribution in [0.1, 0.15) is 52.4 Å². The molecule has 1 atom stereocenters. The van der Waals surface area contributed by atoms with Gasteiger partial charge >= 0.3 is 5.97 Å². The minimum Gasteiger partial charge on any atom is -0.481 e. The molecule has 1 radical (unpaired) electrons. The normalized spacial score (nSPS) is 12.8. The van der Waals surface area contributed by atoms with Crippen LogP contribution in [0, 0.1) is 12.3 Å². The highest BCUT2D eigenvalue weighted by Crippen LogP contribution is 2.13. The van der Waals surface area contributed by atoms with Crippen molar-refractivity contribution >= 4 is 5.97 Å².